The first kappa shape index (κ1) is 15.5. The SMILES string of the molecule is O=C(NC[C@H]1C[C@H](c2ncn[nH]2)C[C@H]1O)OCc1ccccc1. The number of amides is 1. The Morgan fingerprint density at radius 2 is 2.17 bits per heavy atom. The lowest BCUT2D eigenvalue weighted by Crippen LogP contribution is -2.32. The third-order valence-electron chi connectivity index (χ3n) is 4.20. The largest absolute Gasteiger partial charge is 0.445 e. The zero-order valence-electron chi connectivity index (χ0n) is 12.7. The van der Waals surface area contributed by atoms with Gasteiger partial charge < -0.3 is 15.2 Å². The van der Waals surface area contributed by atoms with Gasteiger partial charge in [-0.25, -0.2) is 9.78 Å². The monoisotopic (exact) mass is 316 g/mol. The van der Waals surface area contributed by atoms with E-state index in [0.29, 0.717) is 13.0 Å². The molecule has 3 N–H and O–H groups in total. The molecular weight excluding hydrogens is 296 g/mol. The average molecular weight is 316 g/mol. The van der Waals surface area contributed by atoms with Crippen molar-refractivity contribution in [3.05, 3.63) is 48.0 Å². The fourth-order valence-electron chi connectivity index (χ4n) is 2.95. The van der Waals surface area contributed by atoms with E-state index in [1.165, 1.54) is 6.33 Å². The maximum absolute atomic E-state index is 11.7. The second-order valence-electron chi connectivity index (χ2n) is 5.81. The van der Waals surface area contributed by atoms with Gasteiger partial charge in [-0.2, -0.15) is 5.10 Å². The number of carbonyl (C=O) groups excluding carboxylic acids is 1. The Labute approximate surface area is 134 Å². The lowest BCUT2D eigenvalue weighted by atomic mass is 10.0. The Balaban J connectivity index is 1.42. The van der Waals surface area contributed by atoms with Gasteiger partial charge in [0.1, 0.15) is 18.8 Å². The number of hydrogen-bond donors (Lipinski definition) is 3. The molecule has 3 atom stereocenters. The van der Waals surface area contributed by atoms with E-state index in [2.05, 4.69) is 20.5 Å². The van der Waals surface area contributed by atoms with Crippen molar-refractivity contribution in [3.8, 4) is 0 Å². The maximum Gasteiger partial charge on any atom is 0.407 e. The van der Waals surface area contributed by atoms with Gasteiger partial charge in [0.25, 0.3) is 0 Å². The van der Waals surface area contributed by atoms with Gasteiger partial charge in [-0.05, 0) is 18.4 Å². The van der Waals surface area contributed by atoms with E-state index in [4.69, 9.17) is 4.74 Å². The summed E-state index contributed by atoms with van der Waals surface area (Å²) in [6, 6.07) is 9.51. The minimum atomic E-state index is -0.468. The Hall–Kier alpha value is -2.41. The summed E-state index contributed by atoms with van der Waals surface area (Å²) in [5, 5.41) is 19.5. The van der Waals surface area contributed by atoms with E-state index >= 15 is 0 Å². The van der Waals surface area contributed by atoms with Crippen LogP contribution in [-0.4, -0.2) is 39.0 Å². The van der Waals surface area contributed by atoms with Crippen molar-refractivity contribution in [3.63, 3.8) is 0 Å². The third-order valence-corrected chi connectivity index (χ3v) is 4.20. The summed E-state index contributed by atoms with van der Waals surface area (Å²) in [6.45, 7) is 0.625. The van der Waals surface area contributed by atoms with Crippen LogP contribution in [0.15, 0.2) is 36.7 Å². The van der Waals surface area contributed by atoms with Crippen molar-refractivity contribution in [1.82, 2.24) is 20.5 Å². The van der Waals surface area contributed by atoms with Crippen molar-refractivity contribution >= 4 is 6.09 Å². The first-order valence-corrected chi connectivity index (χ1v) is 7.70. The Bertz CT molecular complexity index is 618. The summed E-state index contributed by atoms with van der Waals surface area (Å²) in [7, 11) is 0. The molecule has 0 aliphatic heterocycles. The van der Waals surface area contributed by atoms with Crippen molar-refractivity contribution in [2.45, 2.75) is 31.5 Å². The fraction of sp³-hybridized carbons (Fsp3) is 0.438. The molecule has 7 nitrogen and oxygen atoms in total. The van der Waals surface area contributed by atoms with Crippen LogP contribution in [0.5, 0.6) is 0 Å². The second-order valence-corrected chi connectivity index (χ2v) is 5.81. The molecule has 1 aliphatic rings. The highest BCUT2D eigenvalue weighted by Gasteiger charge is 2.35. The number of alkyl carbamates (subject to hydrolysis) is 1. The summed E-state index contributed by atoms with van der Waals surface area (Å²) in [5.74, 6) is 0.937. The summed E-state index contributed by atoms with van der Waals surface area (Å²) in [5.41, 5.74) is 0.939. The Kier molecular flexibility index (Phi) is 4.87. The minimum Gasteiger partial charge on any atom is -0.445 e. The molecule has 0 bridgehead atoms. The number of nitrogens with one attached hydrogen (secondary N) is 2. The summed E-state index contributed by atoms with van der Waals surface area (Å²) in [6.07, 6.45) is 1.92. The van der Waals surface area contributed by atoms with Crippen LogP contribution < -0.4 is 5.32 Å². The maximum atomic E-state index is 11.7. The Morgan fingerprint density at radius 3 is 2.91 bits per heavy atom. The van der Waals surface area contributed by atoms with E-state index in [9.17, 15) is 9.90 Å². The van der Waals surface area contributed by atoms with Crippen LogP contribution >= 0.6 is 0 Å². The lowest BCUT2D eigenvalue weighted by molar-refractivity contribution is 0.118. The van der Waals surface area contributed by atoms with Crippen molar-refractivity contribution < 1.29 is 14.6 Å². The molecule has 1 heterocycles. The van der Waals surface area contributed by atoms with Gasteiger partial charge in [-0.1, -0.05) is 30.3 Å². The zero-order chi connectivity index (χ0) is 16.1. The van der Waals surface area contributed by atoms with Gasteiger partial charge >= 0.3 is 6.09 Å². The predicted octanol–water partition coefficient (Wildman–Crippen LogP) is 1.59. The molecule has 2 aromatic rings. The number of aromatic amines is 1. The number of carbonyl (C=O) groups is 1. The number of aliphatic hydroxyl groups excluding tert-OH is 1. The van der Waals surface area contributed by atoms with Crippen LogP contribution in [0.2, 0.25) is 0 Å². The zero-order valence-corrected chi connectivity index (χ0v) is 12.7. The summed E-state index contributed by atoms with van der Waals surface area (Å²) < 4.78 is 5.16. The van der Waals surface area contributed by atoms with Crippen molar-refractivity contribution in [2.24, 2.45) is 5.92 Å². The molecule has 0 saturated heterocycles. The fourth-order valence-corrected chi connectivity index (χ4v) is 2.95. The van der Waals surface area contributed by atoms with Gasteiger partial charge in [-0.15, -0.1) is 0 Å². The quantitative estimate of drug-likeness (QED) is 0.777. The summed E-state index contributed by atoms with van der Waals surface area (Å²) in [4.78, 5) is 15.9. The topological polar surface area (TPSA) is 100 Å². The lowest BCUT2D eigenvalue weighted by Gasteiger charge is -2.15. The highest BCUT2D eigenvalue weighted by molar-refractivity contribution is 5.67. The van der Waals surface area contributed by atoms with Crippen LogP contribution in [0.25, 0.3) is 0 Å². The highest BCUT2D eigenvalue weighted by Crippen LogP contribution is 2.36. The average Bonchev–Trinajstić information content (AvgIpc) is 3.21. The number of H-pyrrole nitrogens is 1. The van der Waals surface area contributed by atoms with Crippen LogP contribution in [0, 0.1) is 5.92 Å². The first-order chi connectivity index (χ1) is 11.2. The van der Waals surface area contributed by atoms with Crippen LogP contribution in [-0.2, 0) is 11.3 Å². The van der Waals surface area contributed by atoms with E-state index in [1.54, 1.807) is 0 Å². The van der Waals surface area contributed by atoms with Crippen LogP contribution in [0.1, 0.15) is 30.1 Å². The van der Waals surface area contributed by atoms with Crippen LogP contribution in [0.4, 0.5) is 4.79 Å². The molecule has 23 heavy (non-hydrogen) atoms. The minimum absolute atomic E-state index is 0.00521. The number of aliphatic hydroxyl groups is 1. The number of nitrogens with zero attached hydrogens (tertiary/aromatic N) is 2. The number of benzene rings is 1. The molecule has 1 aromatic heterocycles. The van der Waals surface area contributed by atoms with E-state index in [0.717, 1.165) is 17.8 Å². The molecule has 3 rings (SSSR count). The van der Waals surface area contributed by atoms with Gasteiger partial charge in [0.05, 0.1) is 6.10 Å². The molecule has 0 spiro atoms. The molecule has 1 fully saturated rings. The normalized spacial score (nSPS) is 23.6. The number of aromatic nitrogens is 3. The molecule has 1 amide bonds. The van der Waals surface area contributed by atoms with E-state index in [-0.39, 0.29) is 18.4 Å². The summed E-state index contributed by atoms with van der Waals surface area (Å²) >= 11 is 0. The number of rotatable bonds is 5. The van der Waals surface area contributed by atoms with Crippen LogP contribution in [0.3, 0.4) is 0 Å². The molecule has 1 saturated carbocycles. The van der Waals surface area contributed by atoms with Gasteiger partial charge in [0.15, 0.2) is 0 Å². The predicted molar refractivity (Wildman–Crippen MR) is 82.5 cm³/mol. The third kappa shape index (κ3) is 4.07. The molecule has 1 aliphatic carbocycles. The van der Waals surface area contributed by atoms with Gasteiger partial charge in [-0.3, -0.25) is 5.10 Å². The number of hydrogen-bond acceptors (Lipinski definition) is 5. The molecule has 122 valence electrons. The van der Waals surface area contributed by atoms with Crippen molar-refractivity contribution in [2.75, 3.05) is 6.54 Å². The van der Waals surface area contributed by atoms with Crippen molar-refractivity contribution in [1.29, 1.82) is 0 Å². The highest BCUT2D eigenvalue weighted by atomic mass is 16.5. The molecule has 0 radical (unpaired) electrons. The molecule has 0 unspecified atom stereocenters. The van der Waals surface area contributed by atoms with Gasteiger partial charge in [0, 0.05) is 18.4 Å². The standard InChI is InChI=1S/C16H20N4O3/c21-14-7-12(15-18-10-19-20-15)6-13(14)8-17-16(22)23-9-11-4-2-1-3-5-11/h1-5,10,12-14,21H,6-9H2,(H,17,22)(H,18,19,20)/t12-,13+,14+/m0/s1. The van der Waals surface area contributed by atoms with E-state index < -0.39 is 12.2 Å². The van der Waals surface area contributed by atoms with Gasteiger partial charge in [0.2, 0.25) is 0 Å². The second kappa shape index (κ2) is 7.23. The Morgan fingerprint density at radius 1 is 1.35 bits per heavy atom. The number of ether oxygens (including phenoxy) is 1. The molecule has 1 aromatic carbocycles. The molecular formula is C16H20N4O3. The van der Waals surface area contributed by atoms with E-state index in [1.807, 2.05) is 30.3 Å². The smallest absolute Gasteiger partial charge is 0.407 e. The molecule has 7 heteroatoms. The first-order valence-electron chi connectivity index (χ1n) is 7.70.